The van der Waals surface area contributed by atoms with Crippen molar-refractivity contribution >= 4 is 5.91 Å². The van der Waals surface area contributed by atoms with Crippen LogP contribution in [0.3, 0.4) is 0 Å². The highest BCUT2D eigenvalue weighted by molar-refractivity contribution is 5.85. The fourth-order valence-electron chi connectivity index (χ4n) is 1.85. The SMILES string of the molecule is CN(CCC(F)(F)F)C(=O)C1(C#N)CCOCC1. The van der Waals surface area contributed by atoms with Crippen LogP contribution in [-0.2, 0) is 9.53 Å². The quantitative estimate of drug-likeness (QED) is 0.779. The van der Waals surface area contributed by atoms with Gasteiger partial charge in [0.15, 0.2) is 0 Å². The number of halogens is 3. The summed E-state index contributed by atoms with van der Waals surface area (Å²) in [5.41, 5.74) is -1.22. The maximum Gasteiger partial charge on any atom is 0.390 e. The fourth-order valence-corrected chi connectivity index (χ4v) is 1.85. The Morgan fingerprint density at radius 3 is 2.44 bits per heavy atom. The number of nitriles is 1. The molecular weight excluding hydrogens is 249 g/mol. The van der Waals surface area contributed by atoms with Crippen LogP contribution < -0.4 is 0 Å². The van der Waals surface area contributed by atoms with Crippen molar-refractivity contribution in [1.82, 2.24) is 4.90 Å². The van der Waals surface area contributed by atoms with Gasteiger partial charge in [-0.1, -0.05) is 0 Å². The van der Waals surface area contributed by atoms with Crippen LogP contribution in [-0.4, -0.2) is 43.8 Å². The molecule has 0 aromatic heterocycles. The predicted octanol–water partition coefficient (Wildman–Crippen LogP) is 1.72. The molecule has 4 nitrogen and oxygen atoms in total. The minimum absolute atomic E-state index is 0.235. The van der Waals surface area contributed by atoms with Gasteiger partial charge in [-0.3, -0.25) is 4.79 Å². The van der Waals surface area contributed by atoms with Crippen LogP contribution in [0.25, 0.3) is 0 Å². The Morgan fingerprint density at radius 2 is 2.00 bits per heavy atom. The predicted molar refractivity (Wildman–Crippen MR) is 56.4 cm³/mol. The third kappa shape index (κ3) is 3.60. The summed E-state index contributed by atoms with van der Waals surface area (Å²) >= 11 is 0. The van der Waals surface area contributed by atoms with E-state index in [9.17, 15) is 18.0 Å². The standard InChI is InChI=1S/C11H15F3N2O2/c1-16(5-2-11(12,13)14)9(17)10(8-15)3-6-18-7-4-10/h2-7H2,1H3. The summed E-state index contributed by atoms with van der Waals surface area (Å²) in [5, 5.41) is 9.11. The summed E-state index contributed by atoms with van der Waals surface area (Å²) in [6, 6.07) is 1.94. The van der Waals surface area contributed by atoms with Gasteiger partial charge in [0, 0.05) is 26.8 Å². The first kappa shape index (κ1) is 14.8. The summed E-state index contributed by atoms with van der Waals surface area (Å²) in [6.45, 7) is 0.144. The van der Waals surface area contributed by atoms with Crippen LogP contribution in [0.1, 0.15) is 19.3 Å². The molecule has 0 atom stereocenters. The van der Waals surface area contributed by atoms with Crippen LogP contribution in [0.2, 0.25) is 0 Å². The smallest absolute Gasteiger partial charge is 0.381 e. The number of rotatable bonds is 3. The molecule has 1 amide bonds. The van der Waals surface area contributed by atoms with E-state index in [0.29, 0.717) is 0 Å². The summed E-state index contributed by atoms with van der Waals surface area (Å²) in [4.78, 5) is 13.0. The lowest BCUT2D eigenvalue weighted by molar-refractivity contribution is -0.150. The zero-order chi connectivity index (χ0) is 13.8. The molecule has 0 saturated carbocycles. The minimum atomic E-state index is -4.30. The highest BCUT2D eigenvalue weighted by Crippen LogP contribution is 2.32. The number of hydrogen-bond donors (Lipinski definition) is 0. The molecule has 1 rings (SSSR count). The lowest BCUT2D eigenvalue weighted by Gasteiger charge is -2.33. The fraction of sp³-hybridized carbons (Fsp3) is 0.818. The summed E-state index contributed by atoms with van der Waals surface area (Å²) in [5.74, 6) is -0.544. The van der Waals surface area contributed by atoms with Crippen molar-refractivity contribution in [3.8, 4) is 6.07 Å². The van der Waals surface area contributed by atoms with Crippen molar-refractivity contribution in [2.75, 3.05) is 26.8 Å². The third-order valence-electron chi connectivity index (χ3n) is 3.05. The van der Waals surface area contributed by atoms with Crippen molar-refractivity contribution in [2.24, 2.45) is 5.41 Å². The summed E-state index contributed by atoms with van der Waals surface area (Å²) < 4.78 is 41.3. The van der Waals surface area contributed by atoms with Gasteiger partial charge in [-0.25, -0.2) is 0 Å². The Hall–Kier alpha value is -1.29. The molecule has 1 fully saturated rings. The van der Waals surface area contributed by atoms with E-state index < -0.39 is 30.5 Å². The molecule has 7 heteroatoms. The van der Waals surface area contributed by atoms with E-state index in [1.165, 1.54) is 7.05 Å². The topological polar surface area (TPSA) is 53.3 Å². The lowest BCUT2D eigenvalue weighted by Crippen LogP contribution is -2.45. The van der Waals surface area contributed by atoms with E-state index in [2.05, 4.69) is 0 Å². The van der Waals surface area contributed by atoms with Crippen molar-refractivity contribution in [2.45, 2.75) is 25.4 Å². The Labute approximate surface area is 103 Å². The zero-order valence-corrected chi connectivity index (χ0v) is 10.1. The number of carbonyl (C=O) groups excluding carboxylic acids is 1. The van der Waals surface area contributed by atoms with Crippen molar-refractivity contribution < 1.29 is 22.7 Å². The van der Waals surface area contributed by atoms with Gasteiger partial charge in [-0.05, 0) is 12.8 Å². The van der Waals surface area contributed by atoms with Gasteiger partial charge in [0.25, 0.3) is 0 Å². The lowest BCUT2D eigenvalue weighted by atomic mass is 9.80. The minimum Gasteiger partial charge on any atom is -0.381 e. The van der Waals surface area contributed by atoms with Gasteiger partial charge in [0.2, 0.25) is 5.91 Å². The molecule has 0 aliphatic carbocycles. The van der Waals surface area contributed by atoms with Crippen LogP contribution in [0.4, 0.5) is 13.2 Å². The number of nitrogens with zero attached hydrogens (tertiary/aromatic N) is 2. The molecule has 0 N–H and O–H groups in total. The number of amides is 1. The Morgan fingerprint density at radius 1 is 1.44 bits per heavy atom. The Bertz CT molecular complexity index is 343. The van der Waals surface area contributed by atoms with Crippen LogP contribution >= 0.6 is 0 Å². The Balaban J connectivity index is 2.64. The van der Waals surface area contributed by atoms with Gasteiger partial charge in [0.1, 0.15) is 5.41 Å². The molecular formula is C11H15F3N2O2. The van der Waals surface area contributed by atoms with E-state index in [-0.39, 0.29) is 26.1 Å². The molecule has 0 aromatic rings. The largest absolute Gasteiger partial charge is 0.390 e. The number of ether oxygens (including phenoxy) is 1. The maximum atomic E-state index is 12.1. The van der Waals surface area contributed by atoms with Gasteiger partial charge in [-0.2, -0.15) is 18.4 Å². The van der Waals surface area contributed by atoms with Gasteiger partial charge >= 0.3 is 6.18 Å². The molecule has 18 heavy (non-hydrogen) atoms. The first-order valence-corrected chi connectivity index (χ1v) is 5.62. The third-order valence-corrected chi connectivity index (χ3v) is 3.05. The van der Waals surface area contributed by atoms with Crippen LogP contribution in [0, 0.1) is 16.7 Å². The normalized spacial score (nSPS) is 19.1. The molecule has 0 unspecified atom stereocenters. The van der Waals surface area contributed by atoms with Gasteiger partial charge < -0.3 is 9.64 Å². The van der Waals surface area contributed by atoms with E-state index in [4.69, 9.17) is 10.00 Å². The zero-order valence-electron chi connectivity index (χ0n) is 10.1. The molecule has 1 aliphatic heterocycles. The maximum absolute atomic E-state index is 12.1. The Kier molecular flexibility index (Phi) is 4.57. The van der Waals surface area contributed by atoms with Crippen molar-refractivity contribution in [3.63, 3.8) is 0 Å². The highest BCUT2D eigenvalue weighted by Gasteiger charge is 2.42. The number of carbonyl (C=O) groups is 1. The summed E-state index contributed by atoms with van der Waals surface area (Å²) in [6.07, 6.45) is -4.89. The van der Waals surface area contributed by atoms with Crippen molar-refractivity contribution in [3.05, 3.63) is 0 Å². The first-order valence-electron chi connectivity index (χ1n) is 5.62. The van der Waals surface area contributed by atoms with E-state index in [1.807, 2.05) is 6.07 Å². The molecule has 1 heterocycles. The second-order valence-corrected chi connectivity index (χ2v) is 4.40. The van der Waals surface area contributed by atoms with Crippen molar-refractivity contribution in [1.29, 1.82) is 5.26 Å². The first-order chi connectivity index (χ1) is 8.31. The molecule has 1 aliphatic rings. The second-order valence-electron chi connectivity index (χ2n) is 4.40. The average molecular weight is 264 g/mol. The molecule has 102 valence electrons. The van der Waals surface area contributed by atoms with Gasteiger partial charge in [-0.15, -0.1) is 0 Å². The average Bonchev–Trinajstić information content (AvgIpc) is 2.35. The molecule has 0 bridgehead atoms. The molecule has 0 radical (unpaired) electrons. The summed E-state index contributed by atoms with van der Waals surface area (Å²) in [7, 11) is 1.29. The molecule has 0 aromatic carbocycles. The molecule has 1 saturated heterocycles. The number of alkyl halides is 3. The second kappa shape index (κ2) is 5.57. The van der Waals surface area contributed by atoms with E-state index >= 15 is 0 Å². The van der Waals surface area contributed by atoms with Crippen LogP contribution in [0.15, 0.2) is 0 Å². The van der Waals surface area contributed by atoms with E-state index in [0.717, 1.165) is 4.90 Å². The number of hydrogen-bond acceptors (Lipinski definition) is 3. The monoisotopic (exact) mass is 264 g/mol. The molecule has 0 spiro atoms. The van der Waals surface area contributed by atoms with E-state index in [1.54, 1.807) is 0 Å². The van der Waals surface area contributed by atoms with Gasteiger partial charge in [0.05, 0.1) is 12.5 Å². The van der Waals surface area contributed by atoms with Crippen LogP contribution in [0.5, 0.6) is 0 Å². The highest BCUT2D eigenvalue weighted by atomic mass is 19.4.